The Labute approximate surface area is 183 Å². The van der Waals surface area contributed by atoms with Gasteiger partial charge in [0.2, 0.25) is 0 Å². The number of anilines is 2. The van der Waals surface area contributed by atoms with E-state index in [2.05, 4.69) is 25.5 Å². The zero-order valence-electron chi connectivity index (χ0n) is 18.7. The minimum Gasteiger partial charge on any atom is -0.444 e. The van der Waals surface area contributed by atoms with Crippen molar-refractivity contribution < 1.29 is 9.53 Å². The summed E-state index contributed by atoms with van der Waals surface area (Å²) in [4.78, 5) is 30.5. The maximum Gasteiger partial charge on any atom is 0.410 e. The summed E-state index contributed by atoms with van der Waals surface area (Å²) in [7, 11) is 0. The Kier molecular flexibility index (Phi) is 6.41. The van der Waals surface area contributed by atoms with Crippen LogP contribution in [0.5, 0.6) is 0 Å². The molecule has 0 aliphatic carbocycles. The number of carbonyl (C=O) groups is 1. The van der Waals surface area contributed by atoms with Gasteiger partial charge in [-0.2, -0.15) is 0 Å². The van der Waals surface area contributed by atoms with Crippen LogP contribution in [0.1, 0.15) is 33.6 Å². The summed E-state index contributed by atoms with van der Waals surface area (Å²) >= 11 is 0. The fourth-order valence-electron chi connectivity index (χ4n) is 4.10. The first kappa shape index (κ1) is 21.5. The van der Waals surface area contributed by atoms with Crippen molar-refractivity contribution in [3.05, 3.63) is 18.5 Å². The standard InChI is InChI=1S/C22H33N7O2/c1-22(2,3)31-21(30)29-10-4-5-16(15-29)14-26-20-19-17(24-6-7-25-19)13-18(27-20)28-11-8-23-9-12-28/h6-7,13,16,23H,4-5,8-12,14-15H2,1-3H3,(H,26,27)/t16-/m1/s1. The molecule has 9 nitrogen and oxygen atoms in total. The number of nitrogens with one attached hydrogen (secondary N) is 2. The summed E-state index contributed by atoms with van der Waals surface area (Å²) in [6.45, 7) is 11.6. The quantitative estimate of drug-likeness (QED) is 0.768. The lowest BCUT2D eigenvalue weighted by molar-refractivity contribution is 0.0172. The Hall–Kier alpha value is -2.68. The number of pyridine rings is 1. The van der Waals surface area contributed by atoms with Gasteiger partial charge in [-0.25, -0.2) is 14.8 Å². The molecule has 2 N–H and O–H groups in total. The van der Waals surface area contributed by atoms with E-state index >= 15 is 0 Å². The van der Waals surface area contributed by atoms with Crippen LogP contribution in [0.3, 0.4) is 0 Å². The van der Waals surface area contributed by atoms with Crippen molar-refractivity contribution in [3.8, 4) is 0 Å². The molecule has 168 valence electrons. The van der Waals surface area contributed by atoms with Crippen LogP contribution in [0.25, 0.3) is 11.0 Å². The van der Waals surface area contributed by atoms with E-state index in [1.807, 2.05) is 31.7 Å². The lowest BCUT2D eigenvalue weighted by atomic mass is 9.98. The summed E-state index contributed by atoms with van der Waals surface area (Å²) < 4.78 is 5.55. The predicted octanol–water partition coefficient (Wildman–Crippen LogP) is 2.49. The van der Waals surface area contributed by atoms with Gasteiger partial charge in [0.1, 0.15) is 16.9 Å². The Morgan fingerprint density at radius 2 is 2.00 bits per heavy atom. The molecule has 31 heavy (non-hydrogen) atoms. The Balaban J connectivity index is 1.46. The number of carbonyl (C=O) groups excluding carboxylic acids is 1. The van der Waals surface area contributed by atoms with E-state index in [0.29, 0.717) is 12.5 Å². The van der Waals surface area contributed by atoms with Crippen LogP contribution >= 0.6 is 0 Å². The zero-order chi connectivity index (χ0) is 21.8. The van der Waals surface area contributed by atoms with Gasteiger partial charge in [0, 0.05) is 64.3 Å². The molecule has 0 bridgehead atoms. The zero-order valence-corrected chi connectivity index (χ0v) is 18.7. The summed E-state index contributed by atoms with van der Waals surface area (Å²) in [5, 5.41) is 6.89. The van der Waals surface area contributed by atoms with Crippen LogP contribution in [0.2, 0.25) is 0 Å². The van der Waals surface area contributed by atoms with E-state index in [-0.39, 0.29) is 6.09 Å². The van der Waals surface area contributed by atoms with E-state index in [4.69, 9.17) is 9.72 Å². The van der Waals surface area contributed by atoms with E-state index in [9.17, 15) is 4.79 Å². The van der Waals surface area contributed by atoms with Crippen molar-refractivity contribution in [1.29, 1.82) is 0 Å². The van der Waals surface area contributed by atoms with Crippen LogP contribution in [0, 0.1) is 5.92 Å². The minimum absolute atomic E-state index is 0.229. The molecule has 2 aromatic heterocycles. The second-order valence-electron chi connectivity index (χ2n) is 9.31. The maximum atomic E-state index is 12.5. The van der Waals surface area contributed by atoms with Crippen molar-refractivity contribution in [3.63, 3.8) is 0 Å². The van der Waals surface area contributed by atoms with Gasteiger partial charge >= 0.3 is 6.09 Å². The maximum absolute atomic E-state index is 12.5. The molecule has 9 heteroatoms. The van der Waals surface area contributed by atoms with Gasteiger partial charge in [0.05, 0.1) is 5.52 Å². The number of fused-ring (bicyclic) bond motifs is 1. The molecule has 0 spiro atoms. The summed E-state index contributed by atoms with van der Waals surface area (Å²) in [6.07, 6.45) is 5.22. The van der Waals surface area contributed by atoms with Gasteiger partial charge in [-0.05, 0) is 39.5 Å². The van der Waals surface area contributed by atoms with Crippen LogP contribution in [-0.4, -0.2) is 77.4 Å². The van der Waals surface area contributed by atoms with E-state index in [1.54, 1.807) is 12.4 Å². The molecule has 1 atom stereocenters. The number of amides is 1. The number of ether oxygens (including phenoxy) is 1. The third kappa shape index (κ3) is 5.52. The van der Waals surface area contributed by atoms with Gasteiger partial charge in [-0.3, -0.25) is 4.98 Å². The van der Waals surface area contributed by atoms with Crippen molar-refractivity contribution in [1.82, 2.24) is 25.2 Å². The van der Waals surface area contributed by atoms with Gasteiger partial charge in [-0.1, -0.05) is 0 Å². The normalized spacial score (nSPS) is 20.0. The minimum atomic E-state index is -0.478. The third-order valence-electron chi connectivity index (χ3n) is 5.61. The van der Waals surface area contributed by atoms with Crippen molar-refractivity contribution in [2.24, 2.45) is 5.92 Å². The lowest BCUT2D eigenvalue weighted by Gasteiger charge is -2.34. The molecule has 1 amide bonds. The number of piperidine rings is 1. The number of piperazine rings is 1. The second kappa shape index (κ2) is 9.21. The molecule has 0 radical (unpaired) electrons. The summed E-state index contributed by atoms with van der Waals surface area (Å²) in [5.41, 5.74) is 1.14. The van der Waals surface area contributed by atoms with Crippen LogP contribution in [0.4, 0.5) is 16.4 Å². The fraction of sp³-hybridized carbons (Fsp3) is 0.636. The fourth-order valence-corrected chi connectivity index (χ4v) is 4.10. The molecular formula is C22H33N7O2. The first-order chi connectivity index (χ1) is 14.9. The van der Waals surface area contributed by atoms with Gasteiger partial charge in [0.15, 0.2) is 5.82 Å². The number of rotatable bonds is 4. The molecular weight excluding hydrogens is 394 g/mol. The third-order valence-corrected chi connectivity index (χ3v) is 5.61. The Morgan fingerprint density at radius 1 is 1.23 bits per heavy atom. The molecule has 4 heterocycles. The highest BCUT2D eigenvalue weighted by molar-refractivity contribution is 5.87. The smallest absolute Gasteiger partial charge is 0.410 e. The van der Waals surface area contributed by atoms with Crippen molar-refractivity contribution in [2.45, 2.75) is 39.2 Å². The van der Waals surface area contributed by atoms with Crippen LogP contribution < -0.4 is 15.5 Å². The number of hydrogen-bond donors (Lipinski definition) is 2. The molecule has 0 unspecified atom stereocenters. The number of hydrogen-bond acceptors (Lipinski definition) is 8. The molecule has 0 aromatic carbocycles. The average Bonchev–Trinajstić information content (AvgIpc) is 2.77. The first-order valence-corrected chi connectivity index (χ1v) is 11.2. The van der Waals surface area contributed by atoms with Gasteiger partial charge < -0.3 is 25.2 Å². The van der Waals surface area contributed by atoms with Gasteiger partial charge in [-0.15, -0.1) is 0 Å². The van der Waals surface area contributed by atoms with Gasteiger partial charge in [0.25, 0.3) is 0 Å². The highest BCUT2D eigenvalue weighted by Crippen LogP contribution is 2.25. The van der Waals surface area contributed by atoms with Crippen LogP contribution in [0.15, 0.2) is 18.5 Å². The molecule has 2 aliphatic rings. The summed E-state index contributed by atoms with van der Waals surface area (Å²) in [6, 6.07) is 2.02. The molecule has 4 rings (SSSR count). The van der Waals surface area contributed by atoms with Crippen molar-refractivity contribution >= 4 is 28.8 Å². The molecule has 2 aromatic rings. The summed E-state index contributed by atoms with van der Waals surface area (Å²) in [5.74, 6) is 2.02. The molecule has 2 fully saturated rings. The lowest BCUT2D eigenvalue weighted by Crippen LogP contribution is -2.44. The highest BCUT2D eigenvalue weighted by atomic mass is 16.6. The van der Waals surface area contributed by atoms with E-state index in [1.165, 1.54) is 0 Å². The molecule has 2 aliphatic heterocycles. The second-order valence-corrected chi connectivity index (χ2v) is 9.31. The average molecular weight is 428 g/mol. The monoisotopic (exact) mass is 427 g/mol. The SMILES string of the molecule is CC(C)(C)OC(=O)N1CCC[C@H](CNc2nc(N3CCNCC3)cc3nccnc23)C1. The number of nitrogens with zero attached hydrogens (tertiary/aromatic N) is 5. The largest absolute Gasteiger partial charge is 0.444 e. The first-order valence-electron chi connectivity index (χ1n) is 11.2. The Bertz CT molecular complexity index is 908. The molecule has 2 saturated heterocycles. The Morgan fingerprint density at radius 3 is 2.77 bits per heavy atom. The van der Waals surface area contributed by atoms with Crippen LogP contribution in [-0.2, 0) is 4.74 Å². The molecule has 0 saturated carbocycles. The number of likely N-dealkylation sites (tertiary alicyclic amines) is 1. The predicted molar refractivity (Wildman–Crippen MR) is 121 cm³/mol. The van der Waals surface area contributed by atoms with E-state index < -0.39 is 5.60 Å². The topological polar surface area (TPSA) is 95.5 Å². The number of aromatic nitrogens is 3. The highest BCUT2D eigenvalue weighted by Gasteiger charge is 2.28. The van der Waals surface area contributed by atoms with E-state index in [0.717, 1.165) is 74.8 Å². The van der Waals surface area contributed by atoms with Crippen molar-refractivity contribution in [2.75, 3.05) is 56.0 Å².